The zero-order valence-electron chi connectivity index (χ0n) is 18.9. The summed E-state index contributed by atoms with van der Waals surface area (Å²) in [5.74, 6) is 1.34. The Morgan fingerprint density at radius 3 is 2.56 bits per heavy atom. The maximum absolute atomic E-state index is 13.0. The fourth-order valence-corrected chi connectivity index (χ4v) is 4.10. The number of nitrogens with one attached hydrogen (secondary N) is 1. The first-order valence-corrected chi connectivity index (χ1v) is 11.3. The van der Waals surface area contributed by atoms with Crippen LogP contribution in [0.4, 0.5) is 0 Å². The Balaban J connectivity index is 1.54. The highest BCUT2D eigenvalue weighted by molar-refractivity contribution is 6.09. The minimum atomic E-state index is -0.141. The van der Waals surface area contributed by atoms with Crippen molar-refractivity contribution in [3.8, 4) is 11.5 Å². The molecule has 6 heteroatoms. The second-order valence-corrected chi connectivity index (χ2v) is 8.49. The highest BCUT2D eigenvalue weighted by atomic mass is 16.5. The van der Waals surface area contributed by atoms with Gasteiger partial charge in [-0.3, -0.25) is 9.59 Å². The van der Waals surface area contributed by atoms with Crippen molar-refractivity contribution < 1.29 is 19.1 Å². The summed E-state index contributed by atoms with van der Waals surface area (Å²) in [6.07, 6.45) is 3.40. The quantitative estimate of drug-likeness (QED) is 0.537. The van der Waals surface area contributed by atoms with Gasteiger partial charge in [0.15, 0.2) is 17.3 Å². The lowest BCUT2D eigenvalue weighted by Gasteiger charge is -2.19. The number of hydrogen-bond acceptors (Lipinski definition) is 4. The normalized spacial score (nSPS) is 14.2. The monoisotopic (exact) mass is 434 g/mol. The van der Waals surface area contributed by atoms with Gasteiger partial charge in [0.2, 0.25) is 5.91 Å². The van der Waals surface area contributed by atoms with Crippen LogP contribution in [0.1, 0.15) is 55.6 Å². The molecule has 0 fully saturated rings. The van der Waals surface area contributed by atoms with Crippen LogP contribution in [-0.2, 0) is 11.3 Å². The number of carbonyl (C=O) groups excluding carboxylic acids is 2. The third-order valence-corrected chi connectivity index (χ3v) is 5.81. The van der Waals surface area contributed by atoms with Crippen LogP contribution in [-0.4, -0.2) is 29.5 Å². The lowest BCUT2D eigenvalue weighted by Crippen LogP contribution is -2.31. The van der Waals surface area contributed by atoms with Crippen molar-refractivity contribution in [3.63, 3.8) is 0 Å². The Bertz CT molecular complexity index is 1130. The fourth-order valence-electron chi connectivity index (χ4n) is 4.10. The molecular weight excluding hydrogens is 404 g/mol. The number of para-hydroxylation sites is 1. The van der Waals surface area contributed by atoms with E-state index in [0.717, 1.165) is 40.8 Å². The van der Waals surface area contributed by atoms with Gasteiger partial charge >= 0.3 is 0 Å². The van der Waals surface area contributed by atoms with E-state index >= 15 is 0 Å². The van der Waals surface area contributed by atoms with Gasteiger partial charge in [0.05, 0.1) is 19.3 Å². The average Bonchev–Trinajstić information content (AvgIpc) is 2.98. The molecule has 0 spiro atoms. The van der Waals surface area contributed by atoms with Crippen molar-refractivity contribution in [2.24, 2.45) is 5.92 Å². The van der Waals surface area contributed by atoms with E-state index in [4.69, 9.17) is 9.47 Å². The molecule has 2 heterocycles. The summed E-state index contributed by atoms with van der Waals surface area (Å²) in [6, 6.07) is 13.4. The van der Waals surface area contributed by atoms with Gasteiger partial charge in [0, 0.05) is 35.0 Å². The van der Waals surface area contributed by atoms with Crippen molar-refractivity contribution >= 4 is 22.6 Å². The number of amides is 1. The van der Waals surface area contributed by atoms with Crippen molar-refractivity contribution in [2.75, 3.05) is 13.2 Å². The smallest absolute Gasteiger partial charge is 0.240 e. The van der Waals surface area contributed by atoms with Crippen LogP contribution in [0.3, 0.4) is 0 Å². The molecule has 3 aromatic rings. The molecule has 168 valence electrons. The number of aromatic nitrogens is 1. The Morgan fingerprint density at radius 2 is 1.81 bits per heavy atom. The maximum atomic E-state index is 13.0. The topological polar surface area (TPSA) is 69.6 Å². The number of nitrogens with zero attached hydrogens (tertiary/aromatic N) is 1. The first-order valence-electron chi connectivity index (χ1n) is 11.3. The van der Waals surface area contributed by atoms with Crippen LogP contribution in [0.2, 0.25) is 0 Å². The Morgan fingerprint density at radius 1 is 1.06 bits per heavy atom. The first kappa shape index (κ1) is 21.9. The van der Waals surface area contributed by atoms with Gasteiger partial charge in [-0.05, 0) is 30.2 Å². The second-order valence-electron chi connectivity index (χ2n) is 8.49. The number of benzene rings is 2. The standard InChI is InChI=1S/C26H30N2O4/c1-4-21(18-10-11-23-24(14-18)32-13-7-12-31-23)27-25(29)16-28-15-20(26(30)17(2)3)19-8-5-6-9-22(19)28/h5-6,8-11,14-15,17,21H,4,7,12-13,16H2,1-3H3,(H,27,29)/t21-/m1/s1. The molecule has 1 aliphatic rings. The second kappa shape index (κ2) is 9.47. The van der Waals surface area contributed by atoms with Gasteiger partial charge in [-0.1, -0.05) is 45.0 Å². The van der Waals surface area contributed by atoms with E-state index in [1.165, 1.54) is 0 Å². The fraction of sp³-hybridized carbons (Fsp3) is 0.385. The van der Waals surface area contributed by atoms with Gasteiger partial charge in [-0.25, -0.2) is 0 Å². The summed E-state index contributed by atoms with van der Waals surface area (Å²) in [6.45, 7) is 7.24. The van der Waals surface area contributed by atoms with E-state index in [9.17, 15) is 9.59 Å². The van der Waals surface area contributed by atoms with Crippen LogP contribution in [0.5, 0.6) is 11.5 Å². The molecule has 1 atom stereocenters. The van der Waals surface area contributed by atoms with E-state index < -0.39 is 0 Å². The van der Waals surface area contributed by atoms with E-state index in [2.05, 4.69) is 5.32 Å². The number of rotatable bonds is 7. The minimum Gasteiger partial charge on any atom is -0.490 e. The van der Waals surface area contributed by atoms with Gasteiger partial charge < -0.3 is 19.4 Å². The number of carbonyl (C=O) groups is 2. The number of ketones is 1. The summed E-state index contributed by atoms with van der Waals surface area (Å²) in [4.78, 5) is 25.7. The maximum Gasteiger partial charge on any atom is 0.240 e. The molecule has 1 N–H and O–H groups in total. The molecule has 0 saturated carbocycles. The van der Waals surface area contributed by atoms with Gasteiger partial charge in [0.1, 0.15) is 6.54 Å². The predicted octanol–water partition coefficient (Wildman–Crippen LogP) is 4.91. The van der Waals surface area contributed by atoms with E-state index in [-0.39, 0.29) is 30.2 Å². The highest BCUT2D eigenvalue weighted by Crippen LogP contribution is 2.33. The molecule has 0 radical (unpaired) electrons. The van der Waals surface area contributed by atoms with Crippen molar-refractivity contribution in [1.29, 1.82) is 0 Å². The van der Waals surface area contributed by atoms with E-state index in [0.29, 0.717) is 18.8 Å². The zero-order chi connectivity index (χ0) is 22.7. The summed E-state index contributed by atoms with van der Waals surface area (Å²) in [5, 5.41) is 4.02. The molecule has 0 bridgehead atoms. The first-order chi connectivity index (χ1) is 15.5. The van der Waals surface area contributed by atoms with Crippen molar-refractivity contribution in [2.45, 2.75) is 46.2 Å². The van der Waals surface area contributed by atoms with Gasteiger partial charge in [-0.2, -0.15) is 0 Å². The third-order valence-electron chi connectivity index (χ3n) is 5.81. The van der Waals surface area contributed by atoms with Crippen LogP contribution < -0.4 is 14.8 Å². The number of hydrogen-bond donors (Lipinski definition) is 1. The molecule has 0 unspecified atom stereocenters. The molecule has 6 nitrogen and oxygen atoms in total. The average molecular weight is 435 g/mol. The highest BCUT2D eigenvalue weighted by Gasteiger charge is 2.20. The molecule has 0 aliphatic carbocycles. The lowest BCUT2D eigenvalue weighted by molar-refractivity contribution is -0.122. The molecule has 1 amide bonds. The van der Waals surface area contributed by atoms with Gasteiger partial charge in [-0.15, -0.1) is 0 Å². The molecule has 2 aromatic carbocycles. The van der Waals surface area contributed by atoms with Gasteiger partial charge in [0.25, 0.3) is 0 Å². The lowest BCUT2D eigenvalue weighted by atomic mass is 10.0. The zero-order valence-corrected chi connectivity index (χ0v) is 18.9. The van der Waals surface area contributed by atoms with Crippen LogP contribution in [0.15, 0.2) is 48.7 Å². The SMILES string of the molecule is CC[C@@H](NC(=O)Cn1cc(C(=O)C(C)C)c2ccccc21)c1ccc2c(c1)OCCCO2. The molecule has 1 aromatic heterocycles. The molecule has 32 heavy (non-hydrogen) atoms. The molecule has 4 rings (SSSR count). The van der Waals surface area contributed by atoms with Crippen LogP contribution in [0, 0.1) is 5.92 Å². The summed E-state index contributed by atoms with van der Waals surface area (Å²) in [5.41, 5.74) is 2.53. The Labute approximate surface area is 188 Å². The minimum absolute atomic E-state index is 0.0824. The molecule has 0 saturated heterocycles. The van der Waals surface area contributed by atoms with E-state index in [1.54, 1.807) is 6.20 Å². The number of ether oxygens (including phenoxy) is 2. The summed E-state index contributed by atoms with van der Waals surface area (Å²) < 4.78 is 13.4. The number of Topliss-reactive ketones (excluding diaryl/α,β-unsaturated/α-hetero) is 1. The predicted molar refractivity (Wildman–Crippen MR) is 124 cm³/mol. The number of fused-ring (bicyclic) bond motifs is 2. The Hall–Kier alpha value is -3.28. The van der Waals surface area contributed by atoms with Crippen LogP contribution >= 0.6 is 0 Å². The summed E-state index contributed by atoms with van der Waals surface area (Å²) in [7, 11) is 0. The third kappa shape index (κ3) is 4.49. The van der Waals surface area contributed by atoms with Crippen LogP contribution in [0.25, 0.3) is 10.9 Å². The van der Waals surface area contributed by atoms with Crippen molar-refractivity contribution in [3.05, 3.63) is 59.8 Å². The summed E-state index contributed by atoms with van der Waals surface area (Å²) >= 11 is 0. The molecular formula is C26H30N2O4. The largest absolute Gasteiger partial charge is 0.490 e. The Kier molecular flexibility index (Phi) is 6.49. The molecule has 1 aliphatic heterocycles. The van der Waals surface area contributed by atoms with Crippen molar-refractivity contribution in [1.82, 2.24) is 9.88 Å². The van der Waals surface area contributed by atoms with E-state index in [1.807, 2.05) is 67.8 Å².